The maximum atomic E-state index is 13.3. The molecule has 0 atom stereocenters. The highest BCUT2D eigenvalue weighted by atomic mass is 35.5. The normalized spacial score (nSPS) is 12.2. The summed E-state index contributed by atoms with van der Waals surface area (Å²) in [6, 6.07) is 13.9. The first-order valence-electron chi connectivity index (χ1n) is 9.46. The van der Waals surface area contributed by atoms with Gasteiger partial charge in [0.15, 0.2) is 11.5 Å². The van der Waals surface area contributed by atoms with E-state index < -0.39 is 23.2 Å². The van der Waals surface area contributed by atoms with Crippen molar-refractivity contribution in [1.29, 1.82) is 0 Å². The van der Waals surface area contributed by atoms with Gasteiger partial charge in [-0.05, 0) is 56.3 Å². The Kier molecular flexibility index (Phi) is 5.46. The maximum absolute atomic E-state index is 13.3. The largest absolute Gasteiger partial charge is 0.435 e. The fraction of sp³-hybridized carbons (Fsp3) is 0.182. The van der Waals surface area contributed by atoms with Crippen LogP contribution in [0.5, 0.6) is 0 Å². The molecule has 10 heteroatoms. The molecule has 0 fully saturated rings. The molecule has 0 aromatic carbocycles. The van der Waals surface area contributed by atoms with Crippen molar-refractivity contribution < 1.29 is 17.6 Å². The molecule has 4 rings (SSSR count). The molecule has 4 aromatic rings. The molecule has 0 amide bonds. The van der Waals surface area contributed by atoms with E-state index in [9.17, 15) is 17.6 Å². The van der Waals surface area contributed by atoms with E-state index in [1.54, 1.807) is 36.4 Å². The predicted octanol–water partition coefficient (Wildman–Crippen LogP) is 5.86. The maximum Gasteiger partial charge on any atom is 0.435 e. The van der Waals surface area contributed by atoms with Crippen LogP contribution in [0.4, 0.5) is 17.6 Å². The average molecular weight is 462 g/mol. The van der Waals surface area contributed by atoms with Crippen molar-refractivity contribution in [3.63, 3.8) is 0 Å². The Hall–Kier alpha value is -3.33. The fourth-order valence-electron chi connectivity index (χ4n) is 3.17. The van der Waals surface area contributed by atoms with Crippen LogP contribution in [0.1, 0.15) is 30.9 Å². The topological polar surface area (TPSA) is 56.5 Å². The molecule has 0 aliphatic heterocycles. The van der Waals surface area contributed by atoms with Crippen LogP contribution in [-0.2, 0) is 11.6 Å². The summed E-state index contributed by atoms with van der Waals surface area (Å²) >= 11 is 6.08. The first kappa shape index (κ1) is 21.9. The highest BCUT2D eigenvalue weighted by molar-refractivity contribution is 6.32. The van der Waals surface area contributed by atoms with Gasteiger partial charge in [0, 0.05) is 17.2 Å². The number of nitrogens with zero attached hydrogens (tertiary/aromatic N) is 5. The first-order valence-corrected chi connectivity index (χ1v) is 9.84. The highest BCUT2D eigenvalue weighted by Gasteiger charge is 2.34. The summed E-state index contributed by atoms with van der Waals surface area (Å²) < 4.78 is 53.1. The quantitative estimate of drug-likeness (QED) is 0.282. The molecular weight excluding hydrogens is 446 g/mol. The zero-order chi connectivity index (χ0) is 23.1. The van der Waals surface area contributed by atoms with E-state index >= 15 is 0 Å². The summed E-state index contributed by atoms with van der Waals surface area (Å²) in [5.41, 5.74) is 0.479. The van der Waals surface area contributed by atoms with E-state index in [2.05, 4.69) is 20.1 Å². The number of halogens is 5. The van der Waals surface area contributed by atoms with Crippen LogP contribution < -0.4 is 0 Å². The zero-order valence-electron chi connectivity index (χ0n) is 16.9. The highest BCUT2D eigenvalue weighted by Crippen LogP contribution is 2.33. The second kappa shape index (κ2) is 7.98. The molecular formula is C22H16ClF4N5. The van der Waals surface area contributed by atoms with E-state index in [1.807, 2.05) is 13.8 Å². The lowest BCUT2D eigenvalue weighted by atomic mass is 9.84. The first-order chi connectivity index (χ1) is 15.1. The average Bonchev–Trinajstić information content (AvgIpc) is 3.25. The second-order valence-corrected chi connectivity index (χ2v) is 7.89. The third-order valence-corrected chi connectivity index (χ3v) is 5.26. The number of pyridine rings is 3. The van der Waals surface area contributed by atoms with Gasteiger partial charge in [0.05, 0.1) is 17.1 Å². The van der Waals surface area contributed by atoms with E-state index in [0.717, 1.165) is 10.7 Å². The molecule has 0 bridgehead atoms. The van der Waals surface area contributed by atoms with Gasteiger partial charge in [0.1, 0.15) is 5.15 Å². The SMILES string of the molecule is CC(C)(c1cccc(-c2ccc(F)nc2Cl)n1)c1cccc(-n2ccc(C(F)(F)F)n2)n1. The number of alkyl halides is 3. The Balaban J connectivity index is 1.71. The van der Waals surface area contributed by atoms with Crippen molar-refractivity contribution in [2.24, 2.45) is 0 Å². The molecule has 32 heavy (non-hydrogen) atoms. The van der Waals surface area contributed by atoms with Gasteiger partial charge in [0.25, 0.3) is 0 Å². The molecule has 0 saturated heterocycles. The summed E-state index contributed by atoms with van der Waals surface area (Å²) in [6.45, 7) is 3.78. The molecule has 0 spiro atoms. The Morgan fingerprint density at radius 1 is 0.812 bits per heavy atom. The number of aromatic nitrogens is 5. The lowest BCUT2D eigenvalue weighted by Crippen LogP contribution is -2.23. The molecule has 4 aromatic heterocycles. The molecule has 0 aliphatic rings. The van der Waals surface area contributed by atoms with Crippen molar-refractivity contribution >= 4 is 11.6 Å². The molecule has 4 heterocycles. The minimum atomic E-state index is -4.54. The fourth-order valence-corrected chi connectivity index (χ4v) is 3.41. The molecule has 0 radical (unpaired) electrons. The lowest BCUT2D eigenvalue weighted by molar-refractivity contribution is -0.141. The van der Waals surface area contributed by atoms with Gasteiger partial charge in [0.2, 0.25) is 5.95 Å². The van der Waals surface area contributed by atoms with E-state index in [0.29, 0.717) is 22.6 Å². The van der Waals surface area contributed by atoms with Crippen LogP contribution in [0, 0.1) is 5.95 Å². The van der Waals surface area contributed by atoms with Gasteiger partial charge in [-0.1, -0.05) is 23.7 Å². The molecule has 0 unspecified atom stereocenters. The van der Waals surface area contributed by atoms with E-state index in [4.69, 9.17) is 11.6 Å². The van der Waals surface area contributed by atoms with Crippen molar-refractivity contribution in [3.05, 3.63) is 89.0 Å². The summed E-state index contributed by atoms with van der Waals surface area (Å²) in [4.78, 5) is 12.8. The van der Waals surface area contributed by atoms with Crippen LogP contribution in [0.25, 0.3) is 17.1 Å². The third kappa shape index (κ3) is 4.20. The number of hydrogen-bond donors (Lipinski definition) is 0. The molecule has 164 valence electrons. The van der Waals surface area contributed by atoms with Gasteiger partial charge < -0.3 is 0 Å². The Morgan fingerprint density at radius 2 is 1.50 bits per heavy atom. The molecule has 0 saturated carbocycles. The summed E-state index contributed by atoms with van der Waals surface area (Å²) in [6.07, 6.45) is -3.33. The predicted molar refractivity (Wildman–Crippen MR) is 111 cm³/mol. The Morgan fingerprint density at radius 3 is 2.16 bits per heavy atom. The van der Waals surface area contributed by atoms with Gasteiger partial charge in [-0.2, -0.15) is 22.7 Å². The van der Waals surface area contributed by atoms with Crippen LogP contribution in [0.3, 0.4) is 0 Å². The zero-order valence-corrected chi connectivity index (χ0v) is 17.7. The Labute approximate surface area is 185 Å². The second-order valence-electron chi connectivity index (χ2n) is 7.53. The van der Waals surface area contributed by atoms with Crippen molar-refractivity contribution in [3.8, 4) is 17.1 Å². The smallest absolute Gasteiger partial charge is 0.252 e. The summed E-state index contributed by atoms with van der Waals surface area (Å²) in [5.74, 6) is -0.448. The van der Waals surface area contributed by atoms with Crippen LogP contribution >= 0.6 is 11.6 Å². The molecule has 0 N–H and O–H groups in total. The summed E-state index contributed by atoms with van der Waals surface area (Å²) in [7, 11) is 0. The van der Waals surface area contributed by atoms with Crippen LogP contribution in [0.15, 0.2) is 60.8 Å². The Bertz CT molecular complexity index is 1280. The van der Waals surface area contributed by atoms with Gasteiger partial charge >= 0.3 is 6.18 Å². The minimum Gasteiger partial charge on any atom is -0.252 e. The van der Waals surface area contributed by atoms with Crippen LogP contribution in [-0.4, -0.2) is 24.7 Å². The van der Waals surface area contributed by atoms with E-state index in [1.165, 1.54) is 18.3 Å². The third-order valence-electron chi connectivity index (χ3n) is 4.97. The lowest BCUT2D eigenvalue weighted by Gasteiger charge is -2.24. The van der Waals surface area contributed by atoms with Gasteiger partial charge in [-0.25, -0.2) is 14.6 Å². The molecule has 0 aliphatic carbocycles. The monoisotopic (exact) mass is 461 g/mol. The summed E-state index contributed by atoms with van der Waals surface area (Å²) in [5, 5.41) is 3.57. The molecule has 5 nitrogen and oxygen atoms in total. The van der Waals surface area contributed by atoms with Gasteiger partial charge in [-0.15, -0.1) is 0 Å². The van der Waals surface area contributed by atoms with Crippen molar-refractivity contribution in [2.75, 3.05) is 0 Å². The number of hydrogen-bond acceptors (Lipinski definition) is 4. The van der Waals surface area contributed by atoms with E-state index in [-0.39, 0.29) is 11.0 Å². The standard InChI is InChI=1S/C22H16ClF4N5/c1-21(2,15-6-3-5-14(28-15)13-9-10-18(24)30-20(13)23)16-7-4-8-19(29-16)32-12-11-17(31-32)22(25,26)27/h3-12H,1-2H3. The minimum absolute atomic E-state index is 0.00766. The van der Waals surface area contributed by atoms with Crippen molar-refractivity contribution in [2.45, 2.75) is 25.4 Å². The van der Waals surface area contributed by atoms with Crippen LogP contribution in [0.2, 0.25) is 5.15 Å². The van der Waals surface area contributed by atoms with Gasteiger partial charge in [-0.3, -0.25) is 4.98 Å². The van der Waals surface area contributed by atoms with Crippen molar-refractivity contribution in [1.82, 2.24) is 24.7 Å². The number of rotatable bonds is 4.